The minimum atomic E-state index is -0.539. The van der Waals surface area contributed by atoms with Gasteiger partial charge < -0.3 is 15.2 Å². The second-order valence-electron chi connectivity index (χ2n) is 4.03. The molecule has 1 aromatic carbocycles. The van der Waals surface area contributed by atoms with Crippen LogP contribution in [0.2, 0.25) is 0 Å². The number of ether oxygens (including phenoxy) is 1. The highest BCUT2D eigenvalue weighted by atomic mass is 19.1. The lowest BCUT2D eigenvalue weighted by Crippen LogP contribution is -2.32. The summed E-state index contributed by atoms with van der Waals surface area (Å²) in [5, 5.41) is 12.7. The zero-order valence-corrected chi connectivity index (χ0v) is 10.3. The highest BCUT2D eigenvalue weighted by Gasteiger charge is 2.11. The van der Waals surface area contributed by atoms with Crippen LogP contribution < -0.4 is 5.32 Å². The van der Waals surface area contributed by atoms with Crippen LogP contribution >= 0.6 is 0 Å². The van der Waals surface area contributed by atoms with E-state index in [1.54, 1.807) is 13.2 Å². The number of nitrogens with one attached hydrogen (secondary N) is 1. The molecule has 2 unspecified atom stereocenters. The minimum Gasteiger partial charge on any atom is -0.389 e. The van der Waals surface area contributed by atoms with Crippen molar-refractivity contribution in [1.29, 1.82) is 0 Å². The fourth-order valence-corrected chi connectivity index (χ4v) is 1.75. The van der Waals surface area contributed by atoms with Crippen molar-refractivity contribution in [2.24, 2.45) is 0 Å². The van der Waals surface area contributed by atoms with Gasteiger partial charge >= 0.3 is 0 Å². The van der Waals surface area contributed by atoms with Crippen LogP contribution in [0, 0.1) is 5.82 Å². The van der Waals surface area contributed by atoms with Gasteiger partial charge in [-0.2, -0.15) is 0 Å². The van der Waals surface area contributed by atoms with Gasteiger partial charge in [0.2, 0.25) is 0 Å². The standard InChI is InChI=1S/C13H20FNO2/c1-3-13(15-8-12(16)9-17-2)10-5-4-6-11(14)7-10/h4-7,12-13,15-16H,3,8-9H2,1-2H3. The third kappa shape index (κ3) is 4.81. The molecule has 0 radical (unpaired) electrons. The lowest BCUT2D eigenvalue weighted by atomic mass is 10.0. The van der Waals surface area contributed by atoms with Crippen LogP contribution in [0.5, 0.6) is 0 Å². The monoisotopic (exact) mass is 241 g/mol. The van der Waals surface area contributed by atoms with Crippen LogP contribution in [0.3, 0.4) is 0 Å². The van der Waals surface area contributed by atoms with E-state index in [9.17, 15) is 9.50 Å². The summed E-state index contributed by atoms with van der Waals surface area (Å²) in [6.45, 7) is 2.75. The fourth-order valence-electron chi connectivity index (χ4n) is 1.75. The molecule has 0 spiro atoms. The molecule has 0 aliphatic rings. The SMILES string of the molecule is CCC(NCC(O)COC)c1cccc(F)c1. The summed E-state index contributed by atoms with van der Waals surface area (Å²) in [7, 11) is 1.55. The first-order chi connectivity index (χ1) is 8.17. The molecular formula is C13H20FNO2. The Bertz CT molecular complexity index is 333. The first-order valence-electron chi connectivity index (χ1n) is 5.83. The van der Waals surface area contributed by atoms with Crippen LogP contribution in [0.1, 0.15) is 24.9 Å². The Morgan fingerprint density at radius 2 is 2.24 bits per heavy atom. The number of benzene rings is 1. The Kier molecular flexibility index (Phi) is 6.11. The molecule has 0 saturated carbocycles. The highest BCUT2D eigenvalue weighted by molar-refractivity contribution is 5.20. The normalized spacial score (nSPS) is 14.6. The molecule has 0 fully saturated rings. The van der Waals surface area contributed by atoms with E-state index >= 15 is 0 Å². The second-order valence-corrected chi connectivity index (χ2v) is 4.03. The maximum Gasteiger partial charge on any atom is 0.123 e. The number of halogens is 1. The maximum absolute atomic E-state index is 13.1. The van der Waals surface area contributed by atoms with Crippen molar-refractivity contribution in [2.75, 3.05) is 20.3 Å². The summed E-state index contributed by atoms with van der Waals surface area (Å²) in [5.74, 6) is -0.236. The smallest absolute Gasteiger partial charge is 0.123 e. The van der Waals surface area contributed by atoms with Gasteiger partial charge in [-0.15, -0.1) is 0 Å². The molecule has 0 saturated heterocycles. The fraction of sp³-hybridized carbons (Fsp3) is 0.538. The number of aliphatic hydroxyl groups is 1. The van der Waals surface area contributed by atoms with Gasteiger partial charge in [0.05, 0.1) is 12.7 Å². The maximum atomic E-state index is 13.1. The van der Waals surface area contributed by atoms with E-state index in [0.29, 0.717) is 13.2 Å². The van der Waals surface area contributed by atoms with Gasteiger partial charge in [0, 0.05) is 19.7 Å². The lowest BCUT2D eigenvalue weighted by molar-refractivity contribution is 0.0626. The summed E-state index contributed by atoms with van der Waals surface area (Å²) < 4.78 is 17.9. The number of methoxy groups -OCH3 is 1. The topological polar surface area (TPSA) is 41.5 Å². The number of aliphatic hydroxyl groups excluding tert-OH is 1. The second kappa shape index (κ2) is 7.37. The molecular weight excluding hydrogens is 221 g/mol. The van der Waals surface area contributed by atoms with Gasteiger partial charge in [-0.3, -0.25) is 0 Å². The third-order valence-corrected chi connectivity index (χ3v) is 2.62. The van der Waals surface area contributed by atoms with Gasteiger partial charge in [-0.25, -0.2) is 4.39 Å². The molecule has 3 nitrogen and oxygen atoms in total. The molecule has 0 bridgehead atoms. The largest absolute Gasteiger partial charge is 0.389 e. The van der Waals surface area contributed by atoms with E-state index < -0.39 is 6.10 Å². The molecule has 1 aromatic rings. The van der Waals surface area contributed by atoms with E-state index in [2.05, 4.69) is 5.32 Å². The van der Waals surface area contributed by atoms with Crippen molar-refractivity contribution >= 4 is 0 Å². The van der Waals surface area contributed by atoms with E-state index in [4.69, 9.17) is 4.74 Å². The third-order valence-electron chi connectivity index (χ3n) is 2.62. The molecule has 0 amide bonds. The molecule has 2 atom stereocenters. The van der Waals surface area contributed by atoms with Crippen LogP contribution in [0.4, 0.5) is 4.39 Å². The number of rotatable bonds is 7. The Morgan fingerprint density at radius 3 is 2.82 bits per heavy atom. The van der Waals surface area contributed by atoms with E-state index in [1.165, 1.54) is 12.1 Å². The molecule has 0 aromatic heterocycles. The van der Waals surface area contributed by atoms with Crippen molar-refractivity contribution < 1.29 is 14.2 Å². The van der Waals surface area contributed by atoms with Gasteiger partial charge in [0.25, 0.3) is 0 Å². The minimum absolute atomic E-state index is 0.0530. The van der Waals surface area contributed by atoms with Crippen LogP contribution in [-0.4, -0.2) is 31.5 Å². The molecule has 0 aliphatic heterocycles. The van der Waals surface area contributed by atoms with Crippen molar-refractivity contribution in [3.05, 3.63) is 35.6 Å². The molecule has 17 heavy (non-hydrogen) atoms. The lowest BCUT2D eigenvalue weighted by Gasteiger charge is -2.19. The van der Waals surface area contributed by atoms with E-state index in [-0.39, 0.29) is 11.9 Å². The quantitative estimate of drug-likeness (QED) is 0.765. The molecule has 1 rings (SSSR count). The van der Waals surface area contributed by atoms with Crippen LogP contribution in [-0.2, 0) is 4.74 Å². The zero-order valence-electron chi connectivity index (χ0n) is 10.3. The summed E-state index contributed by atoms with van der Waals surface area (Å²) in [4.78, 5) is 0. The predicted molar refractivity (Wildman–Crippen MR) is 65.3 cm³/mol. The Morgan fingerprint density at radius 1 is 1.47 bits per heavy atom. The summed E-state index contributed by atoms with van der Waals surface area (Å²) in [6, 6.07) is 6.57. The van der Waals surface area contributed by atoms with Gasteiger partial charge in [-0.1, -0.05) is 19.1 Å². The average molecular weight is 241 g/mol. The summed E-state index contributed by atoms with van der Waals surface area (Å²) >= 11 is 0. The first-order valence-corrected chi connectivity index (χ1v) is 5.83. The molecule has 96 valence electrons. The molecule has 4 heteroatoms. The summed E-state index contributed by atoms with van der Waals surface area (Å²) in [5.41, 5.74) is 0.900. The van der Waals surface area contributed by atoms with Crippen molar-refractivity contribution in [3.63, 3.8) is 0 Å². The first kappa shape index (κ1) is 14.1. The van der Waals surface area contributed by atoms with E-state index in [0.717, 1.165) is 12.0 Å². The van der Waals surface area contributed by atoms with Crippen LogP contribution in [0.15, 0.2) is 24.3 Å². The Labute approximate surface area is 102 Å². The molecule has 0 aliphatic carbocycles. The van der Waals surface area contributed by atoms with Gasteiger partial charge in [0.1, 0.15) is 5.82 Å². The van der Waals surface area contributed by atoms with Crippen molar-refractivity contribution in [1.82, 2.24) is 5.32 Å². The Hall–Kier alpha value is -0.970. The van der Waals surface area contributed by atoms with Crippen LogP contribution in [0.25, 0.3) is 0 Å². The predicted octanol–water partition coefficient (Wildman–Crippen LogP) is 1.87. The zero-order chi connectivity index (χ0) is 12.7. The molecule has 2 N–H and O–H groups in total. The van der Waals surface area contributed by atoms with Gasteiger partial charge in [-0.05, 0) is 24.1 Å². The molecule has 0 heterocycles. The highest BCUT2D eigenvalue weighted by Crippen LogP contribution is 2.17. The Balaban J connectivity index is 2.54. The van der Waals surface area contributed by atoms with Gasteiger partial charge in [0.15, 0.2) is 0 Å². The van der Waals surface area contributed by atoms with E-state index in [1.807, 2.05) is 13.0 Å². The number of hydrogen-bond donors (Lipinski definition) is 2. The van der Waals surface area contributed by atoms with Crippen molar-refractivity contribution in [3.8, 4) is 0 Å². The average Bonchev–Trinajstić information content (AvgIpc) is 2.30. The number of hydrogen-bond acceptors (Lipinski definition) is 3. The van der Waals surface area contributed by atoms with Crippen molar-refractivity contribution in [2.45, 2.75) is 25.5 Å². The summed E-state index contributed by atoms with van der Waals surface area (Å²) in [6.07, 6.45) is 0.297.